The van der Waals surface area contributed by atoms with Crippen molar-refractivity contribution in [3.63, 3.8) is 0 Å². The van der Waals surface area contributed by atoms with Gasteiger partial charge in [-0.3, -0.25) is 4.34 Å². The average Bonchev–Trinajstić information content (AvgIpc) is 2.67. The summed E-state index contributed by atoms with van der Waals surface area (Å²) in [6.07, 6.45) is 0. The molecule has 0 atom stereocenters. The number of phenols is 2. The van der Waals surface area contributed by atoms with Crippen molar-refractivity contribution in [1.82, 2.24) is 19.9 Å². The minimum atomic E-state index is 0.0966. The van der Waals surface area contributed by atoms with Gasteiger partial charge in [-0.05, 0) is 24.3 Å². The fourth-order valence-corrected chi connectivity index (χ4v) is 2.90. The molecule has 0 bridgehead atoms. The van der Waals surface area contributed by atoms with Crippen LogP contribution in [0, 0.1) is 0 Å². The molecule has 2 heterocycles. The third-order valence-electron chi connectivity index (χ3n) is 3.88. The molecule has 4 aromatic rings. The van der Waals surface area contributed by atoms with Gasteiger partial charge in [-0.25, -0.2) is 9.97 Å². The number of aromatic nitrogens is 4. The Kier molecular flexibility index (Phi) is 4.21. The summed E-state index contributed by atoms with van der Waals surface area (Å²) in [4.78, 5) is 17.6. The minimum absolute atomic E-state index is 0.0966. The van der Waals surface area contributed by atoms with Crippen LogP contribution in [0.15, 0.2) is 48.5 Å². The second-order valence-electron chi connectivity index (χ2n) is 5.72. The number of halogens is 1. The molecule has 0 aliphatic carbocycles. The summed E-state index contributed by atoms with van der Waals surface area (Å²) in [7, 11) is 0. The third kappa shape index (κ3) is 3.20. The van der Waals surface area contributed by atoms with Crippen LogP contribution in [0.3, 0.4) is 0 Å². The van der Waals surface area contributed by atoms with Crippen LogP contribution in [-0.2, 0) is 0 Å². The molecule has 5 N–H and O–H groups in total. The zero-order valence-electron chi connectivity index (χ0n) is 13.8. The Labute approximate surface area is 162 Å². The lowest BCUT2D eigenvalue weighted by atomic mass is 10.0. The van der Waals surface area contributed by atoms with Crippen molar-refractivity contribution < 1.29 is 10.2 Å². The van der Waals surface area contributed by atoms with Crippen LogP contribution in [0.4, 0.5) is 11.8 Å². The summed E-state index contributed by atoms with van der Waals surface area (Å²) in [5.74, 6) is 0.611. The molecule has 2 aromatic heterocycles. The first kappa shape index (κ1) is 17.0. The number of nitrogen functional groups attached to an aromatic ring is 1. The van der Waals surface area contributed by atoms with Gasteiger partial charge in [-0.1, -0.05) is 24.3 Å². The summed E-state index contributed by atoms with van der Waals surface area (Å²) in [5, 5.41) is 19.7. The highest BCUT2D eigenvalue weighted by molar-refractivity contribution is 9.10. The number of nitrogens with two attached hydrogens (primary N) is 1. The largest absolute Gasteiger partial charge is 0.508 e. The fourth-order valence-electron chi connectivity index (χ4n) is 2.72. The molecular weight excluding hydrogens is 412 g/mol. The van der Waals surface area contributed by atoms with Gasteiger partial charge in [0.15, 0.2) is 17.0 Å². The molecule has 8 nitrogen and oxygen atoms in total. The Morgan fingerprint density at radius 1 is 0.815 bits per heavy atom. The van der Waals surface area contributed by atoms with Crippen molar-refractivity contribution >= 4 is 39.1 Å². The zero-order chi connectivity index (χ0) is 19.0. The number of fused-ring (bicyclic) bond motifs is 1. The monoisotopic (exact) mass is 424 g/mol. The van der Waals surface area contributed by atoms with Crippen molar-refractivity contribution in [2.45, 2.75) is 0 Å². The topological polar surface area (TPSA) is 130 Å². The van der Waals surface area contributed by atoms with Gasteiger partial charge in [0.25, 0.3) is 0 Å². The Morgan fingerprint density at radius 3 is 1.96 bits per heavy atom. The SMILES string of the molecule is Nc1nc(NBr)nc2nc(-c3cccc(O)c3)c(-c3cccc(O)c3)nc12. The smallest absolute Gasteiger partial charge is 0.237 e. The van der Waals surface area contributed by atoms with Gasteiger partial charge in [0.1, 0.15) is 11.5 Å². The fraction of sp³-hybridized carbons (Fsp3) is 0. The molecule has 4 rings (SSSR count). The number of nitrogens with one attached hydrogen (secondary N) is 1. The lowest BCUT2D eigenvalue weighted by Crippen LogP contribution is -2.04. The number of nitrogens with zero attached hydrogens (tertiary/aromatic N) is 4. The predicted molar refractivity (Wildman–Crippen MR) is 106 cm³/mol. The molecule has 27 heavy (non-hydrogen) atoms. The van der Waals surface area contributed by atoms with E-state index in [1.54, 1.807) is 48.5 Å². The van der Waals surface area contributed by atoms with E-state index in [0.717, 1.165) is 0 Å². The van der Waals surface area contributed by atoms with Gasteiger partial charge in [-0.15, -0.1) is 0 Å². The lowest BCUT2D eigenvalue weighted by Gasteiger charge is -2.12. The summed E-state index contributed by atoms with van der Waals surface area (Å²) >= 11 is 3.07. The Bertz CT molecular complexity index is 1170. The highest BCUT2D eigenvalue weighted by atomic mass is 79.9. The molecule has 0 aliphatic heterocycles. The molecule has 134 valence electrons. The normalized spacial score (nSPS) is 10.9. The molecule has 0 fully saturated rings. The molecule has 0 radical (unpaired) electrons. The van der Waals surface area contributed by atoms with E-state index in [1.807, 2.05) is 0 Å². The molecule has 9 heteroatoms. The Balaban J connectivity index is 2.07. The lowest BCUT2D eigenvalue weighted by molar-refractivity contribution is 0.475. The summed E-state index contributed by atoms with van der Waals surface area (Å²) in [5.41, 5.74) is 8.92. The van der Waals surface area contributed by atoms with E-state index in [4.69, 9.17) is 5.73 Å². The number of hydrogen-bond donors (Lipinski definition) is 4. The molecule has 0 spiro atoms. The minimum Gasteiger partial charge on any atom is -0.508 e. The van der Waals surface area contributed by atoms with Crippen molar-refractivity contribution in [3.8, 4) is 34.0 Å². The van der Waals surface area contributed by atoms with Crippen LogP contribution in [-0.4, -0.2) is 30.1 Å². The number of hydrogen-bond acceptors (Lipinski definition) is 8. The quantitative estimate of drug-likeness (QED) is 0.367. The number of benzene rings is 2. The molecule has 2 aromatic carbocycles. The van der Waals surface area contributed by atoms with E-state index < -0.39 is 0 Å². The van der Waals surface area contributed by atoms with Gasteiger partial charge >= 0.3 is 0 Å². The van der Waals surface area contributed by atoms with Gasteiger partial charge in [0.2, 0.25) is 5.95 Å². The maximum Gasteiger partial charge on any atom is 0.237 e. The number of phenolic OH excluding ortho intramolecular Hbond substituents is 2. The van der Waals surface area contributed by atoms with E-state index in [9.17, 15) is 10.2 Å². The summed E-state index contributed by atoms with van der Waals surface area (Å²) < 4.78 is 2.65. The van der Waals surface area contributed by atoms with E-state index in [1.165, 1.54) is 0 Å². The predicted octanol–water partition coefficient (Wildman–Crippen LogP) is 3.47. The Hall–Kier alpha value is -3.46. The van der Waals surface area contributed by atoms with Gasteiger partial charge in [0.05, 0.1) is 11.4 Å². The van der Waals surface area contributed by atoms with E-state index in [0.29, 0.717) is 33.7 Å². The standard InChI is InChI=1S/C18H13BrN6O2/c19-25-18-23-16(20)15-17(24-18)22-14(10-4-2-6-12(27)8-10)13(21-15)9-3-1-5-11(26)7-9/h1-8,26-27H,(H3,20,22,23,24,25). The molecular formula is C18H13BrN6O2. The van der Waals surface area contributed by atoms with E-state index in [2.05, 4.69) is 40.4 Å². The van der Waals surface area contributed by atoms with Crippen molar-refractivity contribution in [2.24, 2.45) is 0 Å². The van der Waals surface area contributed by atoms with Gasteiger partial charge in [0, 0.05) is 27.3 Å². The molecule has 0 saturated carbocycles. The van der Waals surface area contributed by atoms with Gasteiger partial charge < -0.3 is 15.9 Å². The molecule has 0 unspecified atom stereocenters. The van der Waals surface area contributed by atoms with E-state index in [-0.39, 0.29) is 23.3 Å². The van der Waals surface area contributed by atoms with E-state index >= 15 is 0 Å². The zero-order valence-corrected chi connectivity index (χ0v) is 15.3. The first-order valence-electron chi connectivity index (χ1n) is 7.86. The van der Waals surface area contributed by atoms with Crippen LogP contribution >= 0.6 is 16.1 Å². The van der Waals surface area contributed by atoms with Crippen LogP contribution < -0.4 is 10.1 Å². The van der Waals surface area contributed by atoms with Gasteiger partial charge in [-0.2, -0.15) is 9.97 Å². The second-order valence-corrected chi connectivity index (χ2v) is 6.12. The first-order valence-corrected chi connectivity index (χ1v) is 8.65. The third-order valence-corrected chi connectivity index (χ3v) is 4.24. The molecule has 0 saturated heterocycles. The van der Waals surface area contributed by atoms with Crippen LogP contribution in [0.2, 0.25) is 0 Å². The van der Waals surface area contributed by atoms with Crippen molar-refractivity contribution in [1.29, 1.82) is 0 Å². The molecule has 0 aliphatic rings. The second kappa shape index (κ2) is 6.69. The summed E-state index contributed by atoms with van der Waals surface area (Å²) in [6, 6.07) is 13.3. The highest BCUT2D eigenvalue weighted by Crippen LogP contribution is 2.34. The highest BCUT2D eigenvalue weighted by Gasteiger charge is 2.17. The molecule has 0 amide bonds. The van der Waals surface area contributed by atoms with Crippen molar-refractivity contribution in [2.75, 3.05) is 10.1 Å². The Morgan fingerprint density at radius 2 is 1.41 bits per heavy atom. The first-order chi connectivity index (χ1) is 13.0. The van der Waals surface area contributed by atoms with Crippen LogP contribution in [0.1, 0.15) is 0 Å². The van der Waals surface area contributed by atoms with Crippen LogP contribution in [0.25, 0.3) is 33.7 Å². The van der Waals surface area contributed by atoms with Crippen molar-refractivity contribution in [3.05, 3.63) is 48.5 Å². The number of anilines is 2. The number of rotatable bonds is 3. The van der Waals surface area contributed by atoms with Crippen LogP contribution in [0.5, 0.6) is 11.5 Å². The maximum absolute atomic E-state index is 9.87. The average molecular weight is 425 g/mol. The number of aromatic hydroxyl groups is 2. The maximum atomic E-state index is 9.87. The summed E-state index contributed by atoms with van der Waals surface area (Å²) in [6.45, 7) is 0.